The van der Waals surface area contributed by atoms with Crippen LogP contribution in [0, 0.1) is 0 Å². The Kier molecular flexibility index (Phi) is 8.99. The molecule has 0 aliphatic rings. The van der Waals surface area contributed by atoms with Crippen LogP contribution in [-0.4, -0.2) is 24.5 Å². The van der Waals surface area contributed by atoms with Gasteiger partial charge in [-0.1, -0.05) is 178 Å². The summed E-state index contributed by atoms with van der Waals surface area (Å²) in [6.07, 6.45) is 0. The second kappa shape index (κ2) is 14.8. The third-order valence-corrected chi connectivity index (χ3v) is 11.0. The Balaban J connectivity index is 1.28. The van der Waals surface area contributed by atoms with E-state index in [1.54, 1.807) is 0 Å². The van der Waals surface area contributed by atoms with Crippen molar-refractivity contribution in [2.75, 3.05) is 0 Å². The number of aromatic nitrogens is 5. The van der Waals surface area contributed by atoms with Gasteiger partial charge in [0.15, 0.2) is 11.6 Å². The Morgan fingerprint density at radius 1 is 0.356 bits per heavy atom. The van der Waals surface area contributed by atoms with E-state index < -0.39 is 0 Å². The van der Waals surface area contributed by atoms with Crippen molar-refractivity contribution in [1.82, 2.24) is 24.5 Å². The Hall–Kier alpha value is -7.50. The van der Waals surface area contributed by atoms with E-state index >= 15 is 0 Å². The fraction of sp³-hybridized carbons (Fsp3) is 0.0741. The predicted molar refractivity (Wildman–Crippen MR) is 243 cm³/mol. The van der Waals surface area contributed by atoms with E-state index in [4.69, 9.17) is 19.9 Å². The molecule has 10 aromatic rings. The Morgan fingerprint density at radius 3 is 1.37 bits per heavy atom. The molecule has 0 fully saturated rings. The van der Waals surface area contributed by atoms with Gasteiger partial charge in [0.05, 0.1) is 39.5 Å². The maximum absolute atomic E-state index is 5.39. The third-order valence-electron chi connectivity index (χ3n) is 11.0. The Morgan fingerprint density at radius 2 is 0.814 bits per heavy atom. The zero-order chi connectivity index (χ0) is 39.9. The van der Waals surface area contributed by atoms with Gasteiger partial charge in [-0.3, -0.25) is 0 Å². The summed E-state index contributed by atoms with van der Waals surface area (Å²) in [5.41, 5.74) is 13.7. The molecule has 0 bridgehead atoms. The lowest BCUT2D eigenvalue weighted by Crippen LogP contribution is -2.11. The maximum atomic E-state index is 5.39. The Labute approximate surface area is 344 Å². The van der Waals surface area contributed by atoms with Crippen molar-refractivity contribution in [1.29, 1.82) is 0 Å². The van der Waals surface area contributed by atoms with Crippen LogP contribution in [0.4, 0.5) is 0 Å². The molecule has 7 aromatic carbocycles. The monoisotopic (exact) mass is 759 g/mol. The number of nitrogens with zero attached hydrogens (tertiary/aromatic N) is 5. The van der Waals surface area contributed by atoms with Crippen molar-refractivity contribution in [2.24, 2.45) is 0 Å². The van der Waals surface area contributed by atoms with E-state index in [1.807, 2.05) is 60.7 Å². The van der Waals surface area contributed by atoms with Crippen molar-refractivity contribution in [3.8, 4) is 73.5 Å². The summed E-state index contributed by atoms with van der Waals surface area (Å²) in [6, 6.07) is 67.6. The minimum atomic E-state index is -0.0378. The van der Waals surface area contributed by atoms with Crippen molar-refractivity contribution < 1.29 is 0 Å². The van der Waals surface area contributed by atoms with Crippen molar-refractivity contribution in [3.05, 3.63) is 200 Å². The molecule has 3 aromatic heterocycles. The van der Waals surface area contributed by atoms with Gasteiger partial charge in [0.1, 0.15) is 0 Å². The average molecular weight is 760 g/mol. The molecule has 0 saturated heterocycles. The highest BCUT2D eigenvalue weighted by Gasteiger charge is 2.22. The van der Waals surface area contributed by atoms with Gasteiger partial charge in [-0.2, -0.15) is 0 Å². The molecule has 5 heteroatoms. The normalized spacial score (nSPS) is 11.6. The summed E-state index contributed by atoms with van der Waals surface area (Å²) in [6.45, 7) is 6.81. The zero-order valence-electron chi connectivity index (χ0n) is 33.2. The lowest BCUT2D eigenvalue weighted by Gasteiger charge is -2.20. The molecule has 59 heavy (non-hydrogen) atoms. The highest BCUT2D eigenvalue weighted by molar-refractivity contribution is 6.10. The summed E-state index contributed by atoms with van der Waals surface area (Å²) < 4.78 is 2.41. The first-order chi connectivity index (χ1) is 28.9. The van der Waals surface area contributed by atoms with Crippen LogP contribution >= 0.6 is 0 Å². The van der Waals surface area contributed by atoms with E-state index in [1.165, 1.54) is 16.3 Å². The second-order valence-electron chi connectivity index (χ2n) is 16.0. The van der Waals surface area contributed by atoms with Gasteiger partial charge in [-0.15, -0.1) is 0 Å². The molecule has 0 aliphatic heterocycles. The highest BCUT2D eigenvalue weighted by Crippen LogP contribution is 2.40. The fourth-order valence-electron chi connectivity index (χ4n) is 7.92. The topological polar surface area (TPSA) is 56.5 Å². The van der Waals surface area contributed by atoms with Gasteiger partial charge in [0, 0.05) is 44.2 Å². The van der Waals surface area contributed by atoms with E-state index in [9.17, 15) is 0 Å². The minimum absolute atomic E-state index is 0.0378. The number of benzene rings is 7. The van der Waals surface area contributed by atoms with Crippen LogP contribution < -0.4 is 0 Å². The largest absolute Gasteiger partial charge is 0.309 e. The van der Waals surface area contributed by atoms with Gasteiger partial charge in [-0.25, -0.2) is 19.9 Å². The maximum Gasteiger partial charge on any atom is 0.160 e. The van der Waals surface area contributed by atoms with E-state index in [0.29, 0.717) is 11.6 Å². The lowest BCUT2D eigenvalue weighted by molar-refractivity contribution is 0.591. The molecular weight excluding hydrogens is 719 g/mol. The molecule has 0 N–H and O–H groups in total. The fourth-order valence-corrected chi connectivity index (χ4v) is 7.92. The van der Waals surface area contributed by atoms with E-state index in [-0.39, 0.29) is 5.41 Å². The predicted octanol–water partition coefficient (Wildman–Crippen LogP) is 13.7. The SMILES string of the molecule is CC(C)(C)c1ccc2c3ccccc3n(-c3ccc(-c4cc(-c5ccccc5)nc(-c5ccccc5)n4)cc3-c3cc(-c4ccccc4)nc(-c4ccccc4)n3)c2c1. The van der Waals surface area contributed by atoms with Crippen LogP contribution in [0.5, 0.6) is 0 Å². The van der Waals surface area contributed by atoms with Gasteiger partial charge >= 0.3 is 0 Å². The van der Waals surface area contributed by atoms with E-state index in [0.717, 1.165) is 72.9 Å². The van der Waals surface area contributed by atoms with Crippen LogP contribution in [0.15, 0.2) is 194 Å². The number of hydrogen-bond donors (Lipinski definition) is 0. The Bertz CT molecular complexity index is 3000. The van der Waals surface area contributed by atoms with Crippen LogP contribution in [0.1, 0.15) is 26.3 Å². The van der Waals surface area contributed by atoms with Crippen molar-refractivity contribution in [3.63, 3.8) is 0 Å². The smallest absolute Gasteiger partial charge is 0.160 e. The highest BCUT2D eigenvalue weighted by atomic mass is 15.0. The second-order valence-corrected chi connectivity index (χ2v) is 16.0. The van der Waals surface area contributed by atoms with Gasteiger partial charge < -0.3 is 4.57 Å². The summed E-state index contributed by atoms with van der Waals surface area (Å²) in [5, 5.41) is 2.41. The third kappa shape index (κ3) is 6.87. The van der Waals surface area contributed by atoms with Gasteiger partial charge in [0.2, 0.25) is 0 Å². The quantitative estimate of drug-likeness (QED) is 0.162. The van der Waals surface area contributed by atoms with Crippen LogP contribution in [0.25, 0.3) is 95.3 Å². The lowest BCUT2D eigenvalue weighted by atomic mass is 9.86. The molecular formula is C54H41N5. The van der Waals surface area contributed by atoms with Gasteiger partial charge in [-0.05, 0) is 47.4 Å². The van der Waals surface area contributed by atoms with Gasteiger partial charge in [0.25, 0.3) is 0 Å². The number of para-hydroxylation sites is 1. The number of fused-ring (bicyclic) bond motifs is 3. The standard InChI is InChI=1S/C54H41N5/c1-54(2,3)41-29-30-43-42-26-16-17-27-49(42)59(51(43)33-41)50-31-28-40(47-34-45(36-18-8-4-9-19-36)55-52(57-47)38-22-12-6-13-23-38)32-44(50)48-35-46(37-20-10-5-11-21-37)56-53(58-48)39-24-14-7-15-25-39/h4-35H,1-3H3. The first kappa shape index (κ1) is 35.9. The summed E-state index contributed by atoms with van der Waals surface area (Å²) >= 11 is 0. The molecule has 0 atom stereocenters. The molecule has 3 heterocycles. The summed E-state index contributed by atoms with van der Waals surface area (Å²) in [4.78, 5) is 20.9. The number of hydrogen-bond acceptors (Lipinski definition) is 4. The average Bonchev–Trinajstić information content (AvgIpc) is 3.63. The molecule has 0 aliphatic carbocycles. The molecule has 10 rings (SSSR count). The van der Waals surface area contributed by atoms with E-state index in [2.05, 4.69) is 159 Å². The van der Waals surface area contributed by atoms with Crippen LogP contribution in [0.2, 0.25) is 0 Å². The molecule has 5 nitrogen and oxygen atoms in total. The van der Waals surface area contributed by atoms with Crippen molar-refractivity contribution >= 4 is 21.8 Å². The summed E-state index contributed by atoms with van der Waals surface area (Å²) in [5.74, 6) is 1.33. The molecule has 0 unspecified atom stereocenters. The first-order valence-electron chi connectivity index (χ1n) is 20.1. The molecule has 0 saturated carbocycles. The molecule has 0 radical (unpaired) electrons. The van der Waals surface area contributed by atoms with Crippen LogP contribution in [0.3, 0.4) is 0 Å². The molecule has 0 amide bonds. The van der Waals surface area contributed by atoms with Crippen LogP contribution in [-0.2, 0) is 5.41 Å². The zero-order valence-corrected chi connectivity index (χ0v) is 33.2. The molecule has 282 valence electrons. The van der Waals surface area contributed by atoms with Crippen molar-refractivity contribution in [2.45, 2.75) is 26.2 Å². The number of rotatable bonds is 7. The first-order valence-corrected chi connectivity index (χ1v) is 20.1. The molecule has 0 spiro atoms. The summed E-state index contributed by atoms with van der Waals surface area (Å²) in [7, 11) is 0. The minimum Gasteiger partial charge on any atom is -0.309 e.